The monoisotopic (exact) mass is 482 g/mol. The summed E-state index contributed by atoms with van der Waals surface area (Å²) in [7, 11) is 3.39. The van der Waals surface area contributed by atoms with Crippen molar-refractivity contribution in [1.29, 1.82) is 0 Å². The summed E-state index contributed by atoms with van der Waals surface area (Å²) in [4.78, 5) is 28.4. The number of carbonyl (C=O) groups is 2. The number of aliphatic hydroxyl groups is 3. The highest BCUT2D eigenvalue weighted by Crippen LogP contribution is 2.54. The second-order valence-corrected chi connectivity index (χ2v) is 10.5. The molecule has 6 N–H and O–H groups in total. The number of nitrogens with zero attached hydrogens (tertiary/aromatic N) is 1. The molecular weight excluding hydrogens is 456 g/mol. The third-order valence-electron chi connectivity index (χ3n) is 7.49. The van der Waals surface area contributed by atoms with Crippen LogP contribution in [0.1, 0.15) is 24.0 Å². The first-order valence-corrected chi connectivity index (χ1v) is 11.9. The van der Waals surface area contributed by atoms with E-state index in [0.29, 0.717) is 12.8 Å². The van der Waals surface area contributed by atoms with Crippen LogP contribution in [0.25, 0.3) is 16.2 Å². The van der Waals surface area contributed by atoms with Gasteiger partial charge >= 0.3 is 0 Å². The Hall–Kier alpha value is -3.14. The minimum Gasteiger partial charge on any atom is -0.510 e. The summed E-state index contributed by atoms with van der Waals surface area (Å²) in [5.74, 6) is -3.48. The van der Waals surface area contributed by atoms with Crippen molar-refractivity contribution in [3.05, 3.63) is 57.7 Å². The molecule has 0 saturated heterocycles. The number of aliphatic hydroxyl groups excluding tert-OH is 2. The Balaban J connectivity index is 1.69. The molecule has 9 heteroatoms. The van der Waals surface area contributed by atoms with Gasteiger partial charge in [0.05, 0.1) is 17.2 Å². The molecule has 4 atom stereocenters. The van der Waals surface area contributed by atoms with Gasteiger partial charge in [0.2, 0.25) is 5.91 Å². The lowest BCUT2D eigenvalue weighted by atomic mass is 9.57. The van der Waals surface area contributed by atoms with Crippen LogP contribution in [0.15, 0.2) is 46.6 Å². The molecule has 2 aromatic rings. The number of aromatic hydroxyl groups is 1. The van der Waals surface area contributed by atoms with Gasteiger partial charge in [-0.2, -0.15) is 0 Å². The Morgan fingerprint density at radius 1 is 1.21 bits per heavy atom. The summed E-state index contributed by atoms with van der Waals surface area (Å²) in [6.07, 6.45) is 0.237. The van der Waals surface area contributed by atoms with Crippen LogP contribution in [0, 0.1) is 11.8 Å². The van der Waals surface area contributed by atoms with Gasteiger partial charge in [0.15, 0.2) is 5.78 Å². The number of nitrogens with two attached hydrogens (primary N) is 1. The minimum absolute atomic E-state index is 0.0487. The van der Waals surface area contributed by atoms with E-state index in [9.17, 15) is 30.0 Å². The second-order valence-electron chi connectivity index (χ2n) is 9.54. The second kappa shape index (κ2) is 7.69. The van der Waals surface area contributed by atoms with E-state index in [1.165, 1.54) is 17.4 Å². The van der Waals surface area contributed by atoms with Crippen molar-refractivity contribution < 1.29 is 30.0 Å². The van der Waals surface area contributed by atoms with Crippen LogP contribution in [0.2, 0.25) is 0 Å². The Kier molecular flexibility index (Phi) is 5.12. The average Bonchev–Trinajstić information content (AvgIpc) is 3.29. The van der Waals surface area contributed by atoms with E-state index in [4.69, 9.17) is 5.73 Å². The number of amides is 1. The number of phenolic OH excluding ortho intramolecular Hbond substituents is 1. The predicted octanol–water partition coefficient (Wildman–Crippen LogP) is 2.51. The van der Waals surface area contributed by atoms with E-state index in [2.05, 4.69) is 0 Å². The summed E-state index contributed by atoms with van der Waals surface area (Å²) in [5, 5.41) is 46.3. The van der Waals surface area contributed by atoms with E-state index in [1.54, 1.807) is 25.1 Å². The van der Waals surface area contributed by atoms with Crippen molar-refractivity contribution in [1.82, 2.24) is 4.90 Å². The van der Waals surface area contributed by atoms with Crippen molar-refractivity contribution in [2.75, 3.05) is 14.1 Å². The van der Waals surface area contributed by atoms with Gasteiger partial charge in [-0.25, -0.2) is 0 Å². The third kappa shape index (κ3) is 3.04. The number of likely N-dealkylation sites (N-methyl/N-ethyl adjacent to an activating group) is 1. The van der Waals surface area contributed by atoms with Crippen molar-refractivity contribution in [2.45, 2.75) is 30.9 Å². The van der Waals surface area contributed by atoms with Crippen LogP contribution in [-0.4, -0.2) is 62.8 Å². The number of fused-ring (bicyclic) bond motifs is 3. The molecular formula is C25H26N2O6S. The molecule has 5 rings (SSSR count). The number of hydrogen-bond acceptors (Lipinski definition) is 8. The fourth-order valence-corrected chi connectivity index (χ4v) is 6.78. The number of thiophene rings is 1. The maximum absolute atomic E-state index is 13.8. The van der Waals surface area contributed by atoms with Crippen molar-refractivity contribution >= 4 is 28.8 Å². The van der Waals surface area contributed by atoms with E-state index in [-0.39, 0.29) is 34.0 Å². The molecule has 3 aliphatic rings. The Labute approximate surface area is 200 Å². The molecule has 34 heavy (non-hydrogen) atoms. The fraction of sp³-hybridized carbons (Fsp3) is 0.360. The first kappa shape index (κ1) is 22.6. The highest BCUT2D eigenvalue weighted by molar-refractivity contribution is 7.13. The number of carbonyl (C=O) groups excluding carboxylic acids is 2. The molecule has 1 fully saturated rings. The topological polar surface area (TPSA) is 144 Å². The number of Topliss-reactive ketones (excluding diaryl/α,β-unsaturated/α-hetero) is 1. The van der Waals surface area contributed by atoms with Crippen LogP contribution in [0.4, 0.5) is 0 Å². The molecule has 4 unspecified atom stereocenters. The summed E-state index contributed by atoms with van der Waals surface area (Å²) >= 11 is 1.54. The van der Waals surface area contributed by atoms with Crippen LogP contribution in [-0.2, 0) is 16.0 Å². The van der Waals surface area contributed by atoms with Gasteiger partial charge in [0, 0.05) is 22.8 Å². The van der Waals surface area contributed by atoms with Gasteiger partial charge < -0.3 is 26.2 Å². The quantitative estimate of drug-likeness (QED) is 0.452. The first-order valence-electron chi connectivity index (χ1n) is 11.0. The molecule has 1 saturated carbocycles. The standard InChI is InChI=1S/C25H26N2O6S/c1-27(2)20-15-9-11-8-13-12(17-4-3-7-34-17)5-6-16(28)19(13)22(30)18(11)23(31)25(15,33)10-14(21(20)29)24(26)32/h3-7,11,15,20,28-30,33H,8-10H2,1-2H3,(H2,26,32). The van der Waals surface area contributed by atoms with E-state index in [0.717, 1.165) is 16.0 Å². The molecule has 0 bridgehead atoms. The van der Waals surface area contributed by atoms with E-state index < -0.39 is 41.6 Å². The molecule has 1 amide bonds. The summed E-state index contributed by atoms with van der Waals surface area (Å²) < 4.78 is 0. The molecule has 1 heterocycles. The lowest BCUT2D eigenvalue weighted by molar-refractivity contribution is -0.151. The number of ketones is 1. The van der Waals surface area contributed by atoms with Gasteiger partial charge in [-0.15, -0.1) is 11.3 Å². The lowest BCUT2D eigenvalue weighted by Gasteiger charge is -2.51. The average molecular weight is 483 g/mol. The van der Waals surface area contributed by atoms with Gasteiger partial charge in [-0.3, -0.25) is 14.5 Å². The number of phenols is 1. The number of benzene rings is 1. The largest absolute Gasteiger partial charge is 0.510 e. The number of rotatable bonds is 3. The Morgan fingerprint density at radius 3 is 2.56 bits per heavy atom. The molecule has 3 aliphatic carbocycles. The molecule has 1 aromatic carbocycles. The Bertz CT molecular complexity index is 1280. The predicted molar refractivity (Wildman–Crippen MR) is 127 cm³/mol. The first-order chi connectivity index (χ1) is 16.1. The molecule has 0 radical (unpaired) electrons. The summed E-state index contributed by atoms with van der Waals surface area (Å²) in [6, 6.07) is 6.37. The van der Waals surface area contributed by atoms with Gasteiger partial charge in [-0.1, -0.05) is 6.07 Å². The van der Waals surface area contributed by atoms with Crippen molar-refractivity contribution in [3.63, 3.8) is 0 Å². The van der Waals surface area contributed by atoms with E-state index >= 15 is 0 Å². The molecule has 0 spiro atoms. The van der Waals surface area contributed by atoms with Gasteiger partial charge in [-0.05, 0) is 67.6 Å². The number of primary amides is 1. The van der Waals surface area contributed by atoms with Crippen LogP contribution >= 0.6 is 11.3 Å². The molecule has 0 aliphatic heterocycles. The highest BCUT2D eigenvalue weighted by Gasteiger charge is 2.60. The zero-order chi connectivity index (χ0) is 24.5. The highest BCUT2D eigenvalue weighted by atomic mass is 32.1. The normalized spacial score (nSPS) is 28.6. The van der Waals surface area contributed by atoms with Gasteiger partial charge in [0.1, 0.15) is 22.9 Å². The van der Waals surface area contributed by atoms with Crippen LogP contribution in [0.3, 0.4) is 0 Å². The zero-order valence-electron chi connectivity index (χ0n) is 18.8. The molecule has 1 aromatic heterocycles. The molecule has 178 valence electrons. The molecule has 8 nitrogen and oxygen atoms in total. The smallest absolute Gasteiger partial charge is 0.248 e. The van der Waals surface area contributed by atoms with Crippen molar-refractivity contribution in [3.8, 4) is 16.2 Å². The van der Waals surface area contributed by atoms with Crippen LogP contribution < -0.4 is 5.73 Å². The van der Waals surface area contributed by atoms with Gasteiger partial charge in [0.25, 0.3) is 0 Å². The SMILES string of the molecule is CN(C)C1C(O)=C(C(N)=O)CC2(O)C(=O)C3=C(O)c4c(O)ccc(-c5cccs5)c4CC3CC12. The summed E-state index contributed by atoms with van der Waals surface area (Å²) in [6.45, 7) is 0. The lowest BCUT2D eigenvalue weighted by Crippen LogP contribution is -2.62. The third-order valence-corrected chi connectivity index (χ3v) is 8.39. The van der Waals surface area contributed by atoms with Crippen LogP contribution in [0.5, 0.6) is 5.75 Å². The summed E-state index contributed by atoms with van der Waals surface area (Å²) in [5.41, 5.74) is 5.10. The minimum atomic E-state index is -2.02. The maximum Gasteiger partial charge on any atom is 0.248 e. The zero-order valence-corrected chi connectivity index (χ0v) is 19.6. The Morgan fingerprint density at radius 2 is 1.94 bits per heavy atom. The van der Waals surface area contributed by atoms with E-state index in [1.807, 2.05) is 17.5 Å². The fourth-order valence-electron chi connectivity index (χ4n) is 6.00. The van der Waals surface area contributed by atoms with Crippen molar-refractivity contribution in [2.24, 2.45) is 17.6 Å². The maximum atomic E-state index is 13.8. The number of hydrogen-bond donors (Lipinski definition) is 5.